The highest BCUT2D eigenvalue weighted by Crippen LogP contribution is 2.33. The average Bonchev–Trinajstić information content (AvgIpc) is 2.80. The minimum atomic E-state index is -0.659. The number of rotatable bonds is 6. The second kappa shape index (κ2) is 9.41. The average molecular weight is 394 g/mol. The fourth-order valence-electron chi connectivity index (χ4n) is 3.27. The molecule has 4 rings (SSSR count). The zero-order valence-corrected chi connectivity index (χ0v) is 17.3. The van der Waals surface area contributed by atoms with Gasteiger partial charge in [-0.05, 0) is 42.9 Å². The first kappa shape index (κ1) is 19.2. The molecule has 0 saturated heterocycles. The molecule has 2 nitrogen and oxygen atoms in total. The Bertz CT molecular complexity index is 1020. The summed E-state index contributed by atoms with van der Waals surface area (Å²) in [5.74, 6) is 0. The molecule has 0 aliphatic carbocycles. The highest BCUT2D eigenvalue weighted by molar-refractivity contribution is 7.80. The molecule has 0 spiro atoms. The Balaban J connectivity index is 1.74. The van der Waals surface area contributed by atoms with Gasteiger partial charge >= 0.3 is 0 Å². The predicted octanol–water partition coefficient (Wildman–Crippen LogP) is 5.02. The van der Waals surface area contributed by atoms with E-state index < -0.39 is 7.92 Å². The summed E-state index contributed by atoms with van der Waals surface area (Å²) >= 11 is 0. The standard InChI is InChI=1S/C26H23N2P/c1-21(25-17-10-11-19-27-25)28-20-22-12-8-9-18-26(22)29(23-13-4-2-5-14-23)24-15-6-3-7-16-24/h2-21H,1H3. The molecule has 0 saturated carbocycles. The zero-order valence-electron chi connectivity index (χ0n) is 16.4. The smallest absolute Gasteiger partial charge is 0.0891 e. The maximum absolute atomic E-state index is 4.82. The quantitative estimate of drug-likeness (QED) is 0.333. The van der Waals surface area contributed by atoms with Gasteiger partial charge in [0.25, 0.3) is 0 Å². The van der Waals surface area contributed by atoms with E-state index in [9.17, 15) is 0 Å². The summed E-state index contributed by atoms with van der Waals surface area (Å²) in [6, 6.07) is 36.1. The van der Waals surface area contributed by atoms with Crippen molar-refractivity contribution in [2.75, 3.05) is 0 Å². The van der Waals surface area contributed by atoms with E-state index in [0.29, 0.717) is 0 Å². The molecule has 3 heteroatoms. The molecule has 0 radical (unpaired) electrons. The number of pyridine rings is 1. The van der Waals surface area contributed by atoms with E-state index in [-0.39, 0.29) is 6.04 Å². The van der Waals surface area contributed by atoms with Gasteiger partial charge in [-0.1, -0.05) is 91.0 Å². The van der Waals surface area contributed by atoms with E-state index in [1.807, 2.05) is 30.6 Å². The van der Waals surface area contributed by atoms with Gasteiger partial charge in [0.1, 0.15) is 0 Å². The van der Waals surface area contributed by atoms with Crippen LogP contribution in [-0.4, -0.2) is 11.2 Å². The molecule has 1 unspecified atom stereocenters. The molecule has 1 atom stereocenters. The third kappa shape index (κ3) is 4.67. The lowest BCUT2D eigenvalue weighted by Crippen LogP contribution is -2.23. The predicted molar refractivity (Wildman–Crippen MR) is 125 cm³/mol. The first-order chi connectivity index (χ1) is 14.3. The molecule has 1 heterocycles. The van der Waals surface area contributed by atoms with Gasteiger partial charge in [0.15, 0.2) is 0 Å². The SMILES string of the molecule is CC(N=Cc1ccccc1P(c1ccccc1)c1ccccc1)c1ccccn1. The second-order valence-corrected chi connectivity index (χ2v) is 8.96. The van der Waals surface area contributed by atoms with Gasteiger partial charge in [0, 0.05) is 18.0 Å². The highest BCUT2D eigenvalue weighted by Gasteiger charge is 2.18. The van der Waals surface area contributed by atoms with Crippen LogP contribution >= 0.6 is 7.92 Å². The van der Waals surface area contributed by atoms with E-state index >= 15 is 0 Å². The Morgan fingerprint density at radius 2 is 1.31 bits per heavy atom. The van der Waals surface area contributed by atoms with Crippen LogP contribution in [0.25, 0.3) is 0 Å². The topological polar surface area (TPSA) is 25.2 Å². The first-order valence-corrected chi connectivity index (χ1v) is 11.1. The Labute approximate surface area is 173 Å². The molecule has 0 amide bonds. The van der Waals surface area contributed by atoms with Crippen LogP contribution in [-0.2, 0) is 0 Å². The summed E-state index contributed by atoms with van der Waals surface area (Å²) in [7, 11) is -0.659. The third-order valence-electron chi connectivity index (χ3n) is 4.76. The molecule has 0 N–H and O–H groups in total. The molecular weight excluding hydrogens is 371 g/mol. The van der Waals surface area contributed by atoms with Gasteiger partial charge in [-0.2, -0.15) is 0 Å². The van der Waals surface area contributed by atoms with Gasteiger partial charge in [0.05, 0.1) is 11.7 Å². The van der Waals surface area contributed by atoms with Crippen LogP contribution in [0.4, 0.5) is 0 Å². The number of nitrogens with zero attached hydrogens (tertiary/aromatic N) is 2. The molecule has 3 aromatic carbocycles. The molecule has 1 aromatic heterocycles. The zero-order chi connectivity index (χ0) is 19.9. The third-order valence-corrected chi connectivity index (χ3v) is 7.28. The number of benzene rings is 3. The molecule has 29 heavy (non-hydrogen) atoms. The number of hydrogen-bond acceptors (Lipinski definition) is 2. The summed E-state index contributed by atoms with van der Waals surface area (Å²) in [6.45, 7) is 2.08. The van der Waals surface area contributed by atoms with Crippen LogP contribution in [0.2, 0.25) is 0 Å². The number of aromatic nitrogens is 1. The van der Waals surface area contributed by atoms with Crippen molar-refractivity contribution in [2.45, 2.75) is 13.0 Å². The van der Waals surface area contributed by atoms with Crippen molar-refractivity contribution >= 4 is 30.0 Å². The first-order valence-electron chi connectivity index (χ1n) is 9.76. The summed E-state index contributed by atoms with van der Waals surface area (Å²) < 4.78 is 0. The maximum Gasteiger partial charge on any atom is 0.0891 e. The van der Waals surface area contributed by atoms with Crippen LogP contribution in [0, 0.1) is 0 Å². The van der Waals surface area contributed by atoms with Gasteiger partial charge in [-0.3, -0.25) is 9.98 Å². The maximum atomic E-state index is 4.82. The van der Waals surface area contributed by atoms with Crippen molar-refractivity contribution in [3.05, 3.63) is 121 Å². The summed E-state index contributed by atoms with van der Waals surface area (Å²) in [5.41, 5.74) is 2.14. The number of aliphatic imine (C=N–C) groups is 1. The largest absolute Gasteiger partial charge is 0.283 e. The van der Waals surface area contributed by atoms with Crippen molar-refractivity contribution < 1.29 is 0 Å². The molecule has 0 bridgehead atoms. The Morgan fingerprint density at radius 1 is 0.724 bits per heavy atom. The number of hydrogen-bond donors (Lipinski definition) is 0. The van der Waals surface area contributed by atoms with E-state index in [1.165, 1.54) is 15.9 Å². The van der Waals surface area contributed by atoms with Gasteiger partial charge in [-0.15, -0.1) is 0 Å². The van der Waals surface area contributed by atoms with Crippen molar-refractivity contribution in [2.24, 2.45) is 4.99 Å². The molecular formula is C26H23N2P. The molecule has 0 fully saturated rings. The summed E-state index contributed by atoms with van der Waals surface area (Å²) in [6.07, 6.45) is 3.83. The fourth-order valence-corrected chi connectivity index (χ4v) is 5.69. The monoisotopic (exact) mass is 394 g/mol. The van der Waals surface area contributed by atoms with E-state index in [1.54, 1.807) is 0 Å². The van der Waals surface area contributed by atoms with E-state index in [4.69, 9.17) is 4.99 Å². The molecule has 0 aliphatic rings. The lowest BCUT2D eigenvalue weighted by Gasteiger charge is -2.21. The molecule has 0 aliphatic heterocycles. The van der Waals surface area contributed by atoms with Crippen molar-refractivity contribution in [3.8, 4) is 0 Å². The minimum Gasteiger partial charge on any atom is -0.283 e. The van der Waals surface area contributed by atoms with Gasteiger partial charge in [0.2, 0.25) is 0 Å². The second-order valence-electron chi connectivity index (χ2n) is 6.77. The normalized spacial score (nSPS) is 12.3. The molecule has 4 aromatic rings. The van der Waals surface area contributed by atoms with Gasteiger partial charge in [-0.25, -0.2) is 0 Å². The lowest BCUT2D eigenvalue weighted by molar-refractivity contribution is 0.787. The van der Waals surface area contributed by atoms with Crippen LogP contribution < -0.4 is 15.9 Å². The van der Waals surface area contributed by atoms with Crippen molar-refractivity contribution in [1.29, 1.82) is 0 Å². The van der Waals surface area contributed by atoms with E-state index in [2.05, 4.69) is 96.8 Å². The van der Waals surface area contributed by atoms with Crippen LogP contribution in [0.1, 0.15) is 24.2 Å². The van der Waals surface area contributed by atoms with Crippen LogP contribution in [0.15, 0.2) is 114 Å². The minimum absolute atomic E-state index is 0.0175. The highest BCUT2D eigenvalue weighted by atomic mass is 31.1. The molecule has 142 valence electrons. The Morgan fingerprint density at radius 3 is 1.93 bits per heavy atom. The Hall–Kier alpha value is -3.09. The fraction of sp³-hybridized carbons (Fsp3) is 0.0769. The summed E-state index contributed by atoms with van der Waals surface area (Å²) in [4.78, 5) is 9.25. The van der Waals surface area contributed by atoms with Crippen LogP contribution in [0.5, 0.6) is 0 Å². The lowest BCUT2D eigenvalue weighted by atomic mass is 10.2. The Kier molecular flexibility index (Phi) is 6.24. The van der Waals surface area contributed by atoms with Gasteiger partial charge < -0.3 is 0 Å². The summed E-state index contributed by atoms with van der Waals surface area (Å²) in [5, 5.41) is 4.00. The van der Waals surface area contributed by atoms with Crippen molar-refractivity contribution in [3.63, 3.8) is 0 Å². The van der Waals surface area contributed by atoms with Crippen LogP contribution in [0.3, 0.4) is 0 Å². The van der Waals surface area contributed by atoms with Crippen molar-refractivity contribution in [1.82, 2.24) is 4.98 Å². The van der Waals surface area contributed by atoms with E-state index in [0.717, 1.165) is 11.3 Å².